The summed E-state index contributed by atoms with van der Waals surface area (Å²) in [6.45, 7) is 2.57. The molecule has 0 spiro atoms. The van der Waals surface area contributed by atoms with Gasteiger partial charge in [0.2, 0.25) is 0 Å². The monoisotopic (exact) mass is 277 g/mol. The highest BCUT2D eigenvalue weighted by Crippen LogP contribution is 2.38. The molecule has 19 heavy (non-hydrogen) atoms. The maximum absolute atomic E-state index is 13.0. The van der Waals surface area contributed by atoms with Crippen LogP contribution in [0.5, 0.6) is 0 Å². The van der Waals surface area contributed by atoms with Gasteiger partial charge in [0.15, 0.2) is 0 Å². The lowest BCUT2D eigenvalue weighted by Gasteiger charge is -2.37. The predicted octanol–water partition coefficient (Wildman–Crippen LogP) is 2.40. The molecule has 0 unspecified atom stereocenters. The minimum Gasteiger partial charge on any atom is -0.394 e. The van der Waals surface area contributed by atoms with Gasteiger partial charge >= 0.3 is 6.18 Å². The first-order chi connectivity index (χ1) is 8.63. The molecule has 0 aliphatic carbocycles. The lowest BCUT2D eigenvalue weighted by atomic mass is 10.0. The summed E-state index contributed by atoms with van der Waals surface area (Å²) in [6.07, 6.45) is -4.51. The molecule has 6 heteroatoms. The van der Waals surface area contributed by atoms with E-state index in [9.17, 15) is 18.3 Å². The minimum absolute atomic E-state index is 0.0243. The van der Waals surface area contributed by atoms with Gasteiger partial charge in [0.25, 0.3) is 0 Å². The summed E-state index contributed by atoms with van der Waals surface area (Å²) in [7, 11) is 1.50. The lowest BCUT2D eigenvalue weighted by molar-refractivity contribution is -0.137. The number of aliphatic hydroxyl groups is 2. The van der Waals surface area contributed by atoms with Crippen molar-refractivity contribution < 1.29 is 23.4 Å². The molecule has 0 radical (unpaired) electrons. The van der Waals surface area contributed by atoms with Crippen molar-refractivity contribution >= 4 is 5.69 Å². The number of rotatable bonds is 4. The Kier molecular flexibility index (Phi) is 4.47. The second-order valence-electron chi connectivity index (χ2n) is 5.04. The standard InChI is InChI=1S/C13H18F3NO2/c1-12(2,8-19)17(3)11-5-4-9(7-18)6-10(11)13(14,15)16/h4-6,18-19H,7-8H2,1-3H3. The highest BCUT2D eigenvalue weighted by atomic mass is 19.4. The van der Waals surface area contributed by atoms with Gasteiger partial charge in [-0.25, -0.2) is 0 Å². The number of halogens is 3. The van der Waals surface area contributed by atoms with E-state index >= 15 is 0 Å². The molecule has 1 aromatic carbocycles. The molecule has 0 bridgehead atoms. The van der Waals surface area contributed by atoms with Gasteiger partial charge in [-0.15, -0.1) is 0 Å². The number of hydrogen-bond donors (Lipinski definition) is 2. The van der Waals surface area contributed by atoms with E-state index in [2.05, 4.69) is 0 Å². The van der Waals surface area contributed by atoms with Crippen molar-refractivity contribution in [2.75, 3.05) is 18.6 Å². The van der Waals surface area contributed by atoms with Gasteiger partial charge in [0.1, 0.15) is 0 Å². The summed E-state index contributed by atoms with van der Waals surface area (Å²) >= 11 is 0. The predicted molar refractivity (Wildman–Crippen MR) is 66.9 cm³/mol. The highest BCUT2D eigenvalue weighted by molar-refractivity contribution is 5.57. The first kappa shape index (κ1) is 15.8. The van der Waals surface area contributed by atoms with E-state index < -0.39 is 23.9 Å². The van der Waals surface area contributed by atoms with Crippen molar-refractivity contribution in [3.8, 4) is 0 Å². The fraction of sp³-hybridized carbons (Fsp3) is 0.538. The summed E-state index contributed by atoms with van der Waals surface area (Å²) in [5, 5.41) is 18.2. The van der Waals surface area contributed by atoms with Crippen molar-refractivity contribution in [3.05, 3.63) is 29.3 Å². The number of anilines is 1. The highest BCUT2D eigenvalue weighted by Gasteiger charge is 2.37. The molecule has 3 nitrogen and oxygen atoms in total. The maximum Gasteiger partial charge on any atom is 0.418 e. The van der Waals surface area contributed by atoms with E-state index in [-0.39, 0.29) is 17.9 Å². The average Bonchev–Trinajstić information content (AvgIpc) is 2.36. The zero-order chi connectivity index (χ0) is 14.8. The molecule has 108 valence electrons. The Morgan fingerprint density at radius 2 is 1.74 bits per heavy atom. The third-order valence-corrected chi connectivity index (χ3v) is 3.21. The molecule has 1 rings (SSSR count). The van der Waals surface area contributed by atoms with Crippen molar-refractivity contribution in [1.82, 2.24) is 0 Å². The van der Waals surface area contributed by atoms with Crippen LogP contribution in [-0.4, -0.2) is 29.4 Å². The minimum atomic E-state index is -4.51. The molecule has 0 atom stereocenters. The van der Waals surface area contributed by atoms with Gasteiger partial charge in [0, 0.05) is 12.7 Å². The van der Waals surface area contributed by atoms with Crippen LogP contribution < -0.4 is 4.90 Å². The molecule has 0 aromatic heterocycles. The second-order valence-corrected chi connectivity index (χ2v) is 5.04. The van der Waals surface area contributed by atoms with Gasteiger partial charge in [-0.2, -0.15) is 13.2 Å². The van der Waals surface area contributed by atoms with Gasteiger partial charge < -0.3 is 15.1 Å². The Labute approximate surface area is 110 Å². The van der Waals surface area contributed by atoms with E-state index in [1.807, 2.05) is 0 Å². The Hall–Kier alpha value is -1.27. The van der Waals surface area contributed by atoms with Crippen LogP contribution in [0.2, 0.25) is 0 Å². The van der Waals surface area contributed by atoms with E-state index in [0.717, 1.165) is 6.07 Å². The quantitative estimate of drug-likeness (QED) is 0.888. The fourth-order valence-corrected chi connectivity index (χ4v) is 1.63. The first-order valence-corrected chi connectivity index (χ1v) is 5.79. The molecule has 0 aliphatic heterocycles. The molecule has 0 aliphatic rings. The largest absolute Gasteiger partial charge is 0.418 e. The van der Waals surface area contributed by atoms with Crippen LogP contribution in [0, 0.1) is 0 Å². The Morgan fingerprint density at radius 3 is 2.16 bits per heavy atom. The molecular formula is C13H18F3NO2. The molecule has 0 heterocycles. The van der Waals surface area contributed by atoms with Crippen molar-refractivity contribution in [3.63, 3.8) is 0 Å². The van der Waals surface area contributed by atoms with Crippen LogP contribution >= 0.6 is 0 Å². The molecule has 0 saturated heterocycles. The molecule has 0 fully saturated rings. The summed E-state index contributed by atoms with van der Waals surface area (Å²) in [4.78, 5) is 1.39. The summed E-state index contributed by atoms with van der Waals surface area (Å²) in [6, 6.07) is 3.68. The van der Waals surface area contributed by atoms with Crippen LogP contribution in [0.15, 0.2) is 18.2 Å². The summed E-state index contributed by atoms with van der Waals surface area (Å²) in [5.41, 5.74) is -1.46. The van der Waals surface area contributed by atoms with Crippen LogP contribution in [0.4, 0.5) is 18.9 Å². The SMILES string of the molecule is CN(c1ccc(CO)cc1C(F)(F)F)C(C)(C)CO. The van der Waals surface area contributed by atoms with E-state index in [0.29, 0.717) is 0 Å². The zero-order valence-corrected chi connectivity index (χ0v) is 11.1. The van der Waals surface area contributed by atoms with E-state index in [4.69, 9.17) is 5.11 Å². The number of alkyl halides is 3. The Bertz CT molecular complexity index is 444. The van der Waals surface area contributed by atoms with Gasteiger partial charge in [-0.1, -0.05) is 6.07 Å². The van der Waals surface area contributed by atoms with Gasteiger partial charge in [0.05, 0.1) is 24.3 Å². The number of hydrogen-bond acceptors (Lipinski definition) is 3. The third-order valence-electron chi connectivity index (χ3n) is 3.21. The van der Waals surface area contributed by atoms with Crippen LogP contribution in [0.25, 0.3) is 0 Å². The van der Waals surface area contributed by atoms with E-state index in [1.165, 1.54) is 24.1 Å². The zero-order valence-electron chi connectivity index (χ0n) is 11.1. The van der Waals surface area contributed by atoms with Crippen LogP contribution in [-0.2, 0) is 12.8 Å². The third kappa shape index (κ3) is 3.39. The molecule has 1 aromatic rings. The number of benzene rings is 1. The van der Waals surface area contributed by atoms with Crippen molar-refractivity contribution in [1.29, 1.82) is 0 Å². The second kappa shape index (κ2) is 5.38. The lowest BCUT2D eigenvalue weighted by Crippen LogP contribution is -2.45. The van der Waals surface area contributed by atoms with Crippen molar-refractivity contribution in [2.24, 2.45) is 0 Å². The van der Waals surface area contributed by atoms with Crippen molar-refractivity contribution in [2.45, 2.75) is 32.2 Å². The maximum atomic E-state index is 13.0. The topological polar surface area (TPSA) is 43.7 Å². The normalized spacial score (nSPS) is 12.6. The van der Waals surface area contributed by atoms with Gasteiger partial charge in [-0.3, -0.25) is 0 Å². The number of likely N-dealkylation sites (N-methyl/N-ethyl adjacent to an activating group) is 1. The van der Waals surface area contributed by atoms with Crippen LogP contribution in [0.3, 0.4) is 0 Å². The van der Waals surface area contributed by atoms with Gasteiger partial charge in [-0.05, 0) is 31.5 Å². The van der Waals surface area contributed by atoms with Crippen LogP contribution in [0.1, 0.15) is 25.0 Å². The number of nitrogens with zero attached hydrogens (tertiary/aromatic N) is 1. The Balaban J connectivity index is 3.35. The average molecular weight is 277 g/mol. The first-order valence-electron chi connectivity index (χ1n) is 5.79. The molecule has 0 amide bonds. The Morgan fingerprint density at radius 1 is 1.16 bits per heavy atom. The fourth-order valence-electron chi connectivity index (χ4n) is 1.63. The molecule has 0 saturated carbocycles. The van der Waals surface area contributed by atoms with E-state index in [1.54, 1.807) is 13.8 Å². The summed E-state index contributed by atoms with van der Waals surface area (Å²) in [5.74, 6) is 0. The molecular weight excluding hydrogens is 259 g/mol. The number of aliphatic hydroxyl groups excluding tert-OH is 2. The molecule has 2 N–H and O–H groups in total. The smallest absolute Gasteiger partial charge is 0.394 e. The summed E-state index contributed by atoms with van der Waals surface area (Å²) < 4.78 is 39.1.